The van der Waals surface area contributed by atoms with E-state index in [0.717, 1.165) is 24.0 Å². The van der Waals surface area contributed by atoms with Crippen LogP contribution in [-0.2, 0) is 22.4 Å². The Morgan fingerprint density at radius 3 is 2.48 bits per heavy atom. The maximum Gasteiger partial charge on any atom is 0.257 e. The number of carbonyl (C=O) groups is 2. The van der Waals surface area contributed by atoms with Crippen LogP contribution in [0.2, 0.25) is 5.02 Å². The lowest BCUT2D eigenvalue weighted by Crippen LogP contribution is -2.30. The number of nitrogens with one attached hydrogen (secondary N) is 1. The number of aryl methyl sites for hydroxylation is 1. The van der Waals surface area contributed by atoms with Crippen LogP contribution in [0.25, 0.3) is 0 Å². The minimum absolute atomic E-state index is 0.0255. The second kappa shape index (κ2) is 9.84. The first-order valence-corrected chi connectivity index (χ1v) is 8.63. The normalized spacial score (nSPS) is 10.3. The van der Waals surface area contributed by atoms with Gasteiger partial charge in [-0.15, -0.1) is 0 Å². The summed E-state index contributed by atoms with van der Waals surface area (Å²) in [6.45, 7) is 2.09. The van der Waals surface area contributed by atoms with Crippen molar-refractivity contribution in [2.24, 2.45) is 0 Å². The zero-order chi connectivity index (χ0) is 18.1. The molecule has 0 aliphatic heterocycles. The third-order valence-corrected chi connectivity index (χ3v) is 3.92. The standard InChI is InChI=1S/C20H22ClNO3/c1-15(23)5-6-16-7-9-19(10-8-16)25-14-20(24)22-12-11-17-3-2-4-18(21)13-17/h2-4,7-10,13H,5-6,11-12,14H2,1H3,(H,22,24). The minimum atomic E-state index is -0.164. The van der Waals surface area contributed by atoms with Gasteiger partial charge in [0.2, 0.25) is 0 Å². The van der Waals surface area contributed by atoms with Gasteiger partial charge in [-0.05, 0) is 55.2 Å². The molecule has 5 heteroatoms. The summed E-state index contributed by atoms with van der Waals surface area (Å²) < 4.78 is 5.47. The summed E-state index contributed by atoms with van der Waals surface area (Å²) in [6.07, 6.45) is 1.98. The quantitative estimate of drug-likeness (QED) is 0.744. The molecule has 0 heterocycles. The Morgan fingerprint density at radius 1 is 1.04 bits per heavy atom. The van der Waals surface area contributed by atoms with Crippen LogP contribution in [0.15, 0.2) is 48.5 Å². The fourth-order valence-electron chi connectivity index (χ4n) is 2.31. The van der Waals surface area contributed by atoms with Crippen LogP contribution in [0.5, 0.6) is 5.75 Å². The molecule has 0 aliphatic carbocycles. The molecule has 0 bridgehead atoms. The second-order valence-corrected chi connectivity index (χ2v) is 6.30. The molecule has 0 unspecified atom stereocenters. The van der Waals surface area contributed by atoms with Crippen molar-refractivity contribution in [3.63, 3.8) is 0 Å². The SMILES string of the molecule is CC(=O)CCc1ccc(OCC(=O)NCCc2cccc(Cl)c2)cc1. The summed E-state index contributed by atoms with van der Waals surface area (Å²) in [4.78, 5) is 22.8. The average Bonchev–Trinajstić information content (AvgIpc) is 2.59. The van der Waals surface area contributed by atoms with Gasteiger partial charge >= 0.3 is 0 Å². The number of benzene rings is 2. The van der Waals surface area contributed by atoms with E-state index in [1.807, 2.05) is 48.5 Å². The highest BCUT2D eigenvalue weighted by Gasteiger charge is 2.04. The number of halogens is 1. The van der Waals surface area contributed by atoms with Crippen molar-refractivity contribution < 1.29 is 14.3 Å². The van der Waals surface area contributed by atoms with Crippen LogP contribution in [0.4, 0.5) is 0 Å². The summed E-state index contributed by atoms with van der Waals surface area (Å²) >= 11 is 5.93. The van der Waals surface area contributed by atoms with Crippen molar-refractivity contribution in [3.05, 3.63) is 64.7 Å². The molecular formula is C20H22ClNO3. The van der Waals surface area contributed by atoms with Gasteiger partial charge in [0.1, 0.15) is 11.5 Å². The highest BCUT2D eigenvalue weighted by atomic mass is 35.5. The molecular weight excluding hydrogens is 338 g/mol. The topological polar surface area (TPSA) is 55.4 Å². The molecule has 0 spiro atoms. The van der Waals surface area contributed by atoms with Crippen LogP contribution < -0.4 is 10.1 Å². The monoisotopic (exact) mass is 359 g/mol. The first-order valence-electron chi connectivity index (χ1n) is 8.25. The lowest BCUT2D eigenvalue weighted by molar-refractivity contribution is -0.123. The predicted molar refractivity (Wildman–Crippen MR) is 99.1 cm³/mol. The molecule has 0 radical (unpaired) electrons. The van der Waals surface area contributed by atoms with E-state index in [4.69, 9.17) is 16.3 Å². The van der Waals surface area contributed by atoms with E-state index in [1.54, 1.807) is 6.92 Å². The lowest BCUT2D eigenvalue weighted by Gasteiger charge is -2.08. The minimum Gasteiger partial charge on any atom is -0.484 e. The zero-order valence-electron chi connectivity index (χ0n) is 14.3. The maximum absolute atomic E-state index is 11.8. The number of ether oxygens (including phenoxy) is 1. The Bertz CT molecular complexity index is 713. The second-order valence-electron chi connectivity index (χ2n) is 5.86. The Morgan fingerprint density at radius 2 is 1.80 bits per heavy atom. The van der Waals surface area contributed by atoms with Crippen LogP contribution in [0.3, 0.4) is 0 Å². The number of rotatable bonds is 9. The molecule has 2 aromatic carbocycles. The zero-order valence-corrected chi connectivity index (χ0v) is 15.0. The fourth-order valence-corrected chi connectivity index (χ4v) is 2.52. The van der Waals surface area contributed by atoms with E-state index in [2.05, 4.69) is 5.32 Å². The number of ketones is 1. The summed E-state index contributed by atoms with van der Waals surface area (Å²) in [6, 6.07) is 15.0. The van der Waals surface area contributed by atoms with Crippen molar-refractivity contribution in [3.8, 4) is 5.75 Å². The van der Waals surface area contributed by atoms with Crippen molar-refractivity contribution in [1.82, 2.24) is 5.32 Å². The van der Waals surface area contributed by atoms with Crippen molar-refractivity contribution in [2.45, 2.75) is 26.2 Å². The molecule has 2 rings (SSSR count). The summed E-state index contributed by atoms with van der Waals surface area (Å²) in [7, 11) is 0. The average molecular weight is 360 g/mol. The molecule has 0 aromatic heterocycles. The molecule has 1 amide bonds. The van der Waals surface area contributed by atoms with Gasteiger partial charge in [-0.1, -0.05) is 35.9 Å². The summed E-state index contributed by atoms with van der Waals surface area (Å²) in [5, 5.41) is 3.51. The van der Waals surface area contributed by atoms with Gasteiger partial charge in [-0.2, -0.15) is 0 Å². The molecule has 4 nitrogen and oxygen atoms in total. The smallest absolute Gasteiger partial charge is 0.257 e. The number of hydrogen-bond acceptors (Lipinski definition) is 3. The van der Waals surface area contributed by atoms with Gasteiger partial charge < -0.3 is 14.8 Å². The van der Waals surface area contributed by atoms with Gasteiger partial charge in [0.05, 0.1) is 0 Å². The highest BCUT2D eigenvalue weighted by Crippen LogP contribution is 2.13. The molecule has 1 N–H and O–H groups in total. The molecule has 2 aromatic rings. The van der Waals surface area contributed by atoms with Gasteiger partial charge in [-0.25, -0.2) is 0 Å². The van der Waals surface area contributed by atoms with Crippen LogP contribution >= 0.6 is 11.6 Å². The van der Waals surface area contributed by atoms with Crippen LogP contribution in [-0.4, -0.2) is 24.8 Å². The Balaban J connectivity index is 1.68. The lowest BCUT2D eigenvalue weighted by atomic mass is 10.1. The first-order chi connectivity index (χ1) is 12.0. The van der Waals surface area contributed by atoms with Crippen molar-refractivity contribution in [1.29, 1.82) is 0 Å². The Labute approximate surface area is 153 Å². The maximum atomic E-state index is 11.8. The summed E-state index contributed by atoms with van der Waals surface area (Å²) in [5.41, 5.74) is 2.16. The van der Waals surface area contributed by atoms with Crippen molar-refractivity contribution in [2.75, 3.05) is 13.2 Å². The molecule has 0 saturated heterocycles. The molecule has 0 saturated carbocycles. The summed E-state index contributed by atoms with van der Waals surface area (Å²) in [5.74, 6) is 0.647. The van der Waals surface area contributed by atoms with E-state index in [0.29, 0.717) is 23.7 Å². The molecule has 25 heavy (non-hydrogen) atoms. The molecule has 132 valence electrons. The van der Waals surface area contributed by atoms with E-state index >= 15 is 0 Å². The van der Waals surface area contributed by atoms with Gasteiger partial charge in [-0.3, -0.25) is 4.79 Å². The highest BCUT2D eigenvalue weighted by molar-refractivity contribution is 6.30. The number of carbonyl (C=O) groups excluding carboxylic acids is 2. The van der Waals surface area contributed by atoms with Gasteiger partial charge in [0, 0.05) is 18.0 Å². The van der Waals surface area contributed by atoms with E-state index in [-0.39, 0.29) is 18.3 Å². The number of hydrogen-bond donors (Lipinski definition) is 1. The van der Waals surface area contributed by atoms with E-state index in [1.165, 1.54) is 0 Å². The molecule has 0 atom stereocenters. The van der Waals surface area contributed by atoms with Crippen molar-refractivity contribution >= 4 is 23.3 Å². The largest absolute Gasteiger partial charge is 0.484 e. The number of amides is 1. The van der Waals surface area contributed by atoms with Gasteiger partial charge in [0.25, 0.3) is 5.91 Å². The van der Waals surface area contributed by atoms with Crippen LogP contribution in [0, 0.1) is 0 Å². The Hall–Kier alpha value is -2.33. The Kier molecular flexibility index (Phi) is 7.48. The number of Topliss-reactive ketones (excluding diaryl/α,β-unsaturated/α-hetero) is 1. The van der Waals surface area contributed by atoms with Crippen LogP contribution in [0.1, 0.15) is 24.5 Å². The third-order valence-electron chi connectivity index (χ3n) is 3.68. The van der Waals surface area contributed by atoms with Gasteiger partial charge in [0.15, 0.2) is 6.61 Å². The van der Waals surface area contributed by atoms with E-state index in [9.17, 15) is 9.59 Å². The van der Waals surface area contributed by atoms with E-state index < -0.39 is 0 Å². The molecule has 0 fully saturated rings. The first kappa shape index (κ1) is 19.0. The third kappa shape index (κ3) is 7.40. The predicted octanol–water partition coefficient (Wildman–Crippen LogP) is 3.60. The fraction of sp³-hybridized carbons (Fsp3) is 0.300. The molecule has 0 aliphatic rings.